The summed E-state index contributed by atoms with van der Waals surface area (Å²) in [6, 6.07) is 9.83. The fraction of sp³-hybridized carbons (Fsp3) is 0.407. The molecule has 8 nitrogen and oxygen atoms in total. The van der Waals surface area contributed by atoms with Crippen LogP contribution in [-0.4, -0.2) is 61.8 Å². The number of benzene rings is 2. The topological polar surface area (TPSA) is 94.5 Å². The van der Waals surface area contributed by atoms with Crippen molar-refractivity contribution in [3.63, 3.8) is 0 Å². The molecule has 8 heteroatoms. The summed E-state index contributed by atoms with van der Waals surface area (Å²) in [7, 11) is 3.12. The lowest BCUT2D eigenvalue weighted by Gasteiger charge is -2.26. The number of aliphatic hydroxyl groups is 1. The van der Waals surface area contributed by atoms with Gasteiger partial charge in [0.25, 0.3) is 11.7 Å². The predicted molar refractivity (Wildman–Crippen MR) is 130 cm³/mol. The van der Waals surface area contributed by atoms with Gasteiger partial charge in [-0.3, -0.25) is 9.59 Å². The van der Waals surface area contributed by atoms with Crippen LogP contribution in [0.2, 0.25) is 0 Å². The van der Waals surface area contributed by atoms with Crippen LogP contribution >= 0.6 is 0 Å². The minimum atomic E-state index is -0.778. The molecule has 2 aromatic carbocycles. The molecule has 2 atom stereocenters. The number of ether oxygens (including phenoxy) is 4. The molecule has 1 fully saturated rings. The monoisotopic (exact) mass is 481 g/mol. The van der Waals surface area contributed by atoms with Crippen molar-refractivity contribution in [2.75, 3.05) is 34.0 Å². The first kappa shape index (κ1) is 24.6. The van der Waals surface area contributed by atoms with Gasteiger partial charge in [0, 0.05) is 32.2 Å². The lowest BCUT2D eigenvalue weighted by atomic mass is 9.94. The molecule has 1 saturated heterocycles. The van der Waals surface area contributed by atoms with Crippen LogP contribution in [0.15, 0.2) is 42.0 Å². The van der Waals surface area contributed by atoms with Crippen LogP contribution in [0.3, 0.4) is 0 Å². The number of ketones is 1. The van der Waals surface area contributed by atoms with Gasteiger partial charge in [-0.05, 0) is 61.7 Å². The molecule has 186 valence electrons. The van der Waals surface area contributed by atoms with Crippen molar-refractivity contribution < 1.29 is 33.6 Å². The van der Waals surface area contributed by atoms with E-state index in [1.807, 2.05) is 19.9 Å². The minimum absolute atomic E-state index is 0.0464. The van der Waals surface area contributed by atoms with Crippen LogP contribution in [0.25, 0.3) is 5.76 Å². The van der Waals surface area contributed by atoms with E-state index in [1.165, 1.54) is 12.0 Å². The molecule has 35 heavy (non-hydrogen) atoms. The zero-order valence-electron chi connectivity index (χ0n) is 20.5. The Labute approximate surface area is 205 Å². The number of hydrogen-bond acceptors (Lipinski definition) is 7. The maximum atomic E-state index is 13.2. The first-order chi connectivity index (χ1) is 16.9. The molecule has 0 bridgehead atoms. The third-order valence-corrected chi connectivity index (χ3v) is 6.26. The molecular weight excluding hydrogens is 450 g/mol. The fourth-order valence-corrected chi connectivity index (χ4v) is 4.69. The number of carbonyl (C=O) groups excluding carboxylic acids is 2. The molecule has 0 spiro atoms. The van der Waals surface area contributed by atoms with E-state index in [1.54, 1.807) is 37.4 Å². The number of carbonyl (C=O) groups is 2. The molecule has 1 N–H and O–H groups in total. The molecule has 2 aliphatic heterocycles. The van der Waals surface area contributed by atoms with Gasteiger partial charge in [0.15, 0.2) is 11.5 Å². The van der Waals surface area contributed by atoms with Crippen LogP contribution < -0.4 is 14.2 Å². The largest absolute Gasteiger partial charge is 0.507 e. The van der Waals surface area contributed by atoms with Gasteiger partial charge in [-0.2, -0.15) is 0 Å². The highest BCUT2D eigenvalue weighted by Crippen LogP contribution is 2.42. The Balaban J connectivity index is 1.82. The maximum absolute atomic E-state index is 13.2. The second-order valence-corrected chi connectivity index (χ2v) is 8.64. The summed E-state index contributed by atoms with van der Waals surface area (Å²) in [5, 5.41) is 11.4. The Hall–Kier alpha value is -3.52. The molecule has 2 aliphatic rings. The van der Waals surface area contributed by atoms with Crippen molar-refractivity contribution in [2.24, 2.45) is 0 Å². The minimum Gasteiger partial charge on any atom is -0.507 e. The summed E-state index contributed by atoms with van der Waals surface area (Å²) in [4.78, 5) is 27.8. The smallest absolute Gasteiger partial charge is 0.295 e. The van der Waals surface area contributed by atoms with Crippen molar-refractivity contribution in [3.05, 3.63) is 58.7 Å². The molecule has 0 aliphatic carbocycles. The van der Waals surface area contributed by atoms with Crippen molar-refractivity contribution >= 4 is 17.4 Å². The van der Waals surface area contributed by atoms with Gasteiger partial charge in [0.1, 0.15) is 17.6 Å². The van der Waals surface area contributed by atoms with Crippen LogP contribution in [-0.2, 0) is 20.7 Å². The third-order valence-electron chi connectivity index (χ3n) is 6.26. The first-order valence-corrected chi connectivity index (χ1v) is 11.8. The number of likely N-dealkylation sites (tertiary alicyclic amines) is 1. The summed E-state index contributed by atoms with van der Waals surface area (Å²) in [5.74, 6) is 0.222. The van der Waals surface area contributed by atoms with Gasteiger partial charge in [-0.1, -0.05) is 6.07 Å². The van der Waals surface area contributed by atoms with E-state index in [-0.39, 0.29) is 17.4 Å². The van der Waals surface area contributed by atoms with Gasteiger partial charge in [-0.25, -0.2) is 0 Å². The van der Waals surface area contributed by atoms with E-state index in [2.05, 4.69) is 0 Å². The summed E-state index contributed by atoms with van der Waals surface area (Å²) in [6.07, 6.45) is 1.30. The lowest BCUT2D eigenvalue weighted by molar-refractivity contribution is -0.140. The molecule has 0 saturated carbocycles. The Morgan fingerprint density at radius 3 is 2.66 bits per heavy atom. The van der Waals surface area contributed by atoms with Crippen molar-refractivity contribution in [1.82, 2.24) is 4.90 Å². The molecule has 2 aromatic rings. The molecule has 2 heterocycles. The van der Waals surface area contributed by atoms with Crippen LogP contribution in [0, 0.1) is 0 Å². The number of rotatable bonds is 9. The highest BCUT2D eigenvalue weighted by Gasteiger charge is 2.46. The quantitative estimate of drug-likeness (QED) is 0.251. The van der Waals surface area contributed by atoms with Gasteiger partial charge in [0.2, 0.25) is 0 Å². The number of methoxy groups -OCH3 is 2. The molecular formula is C27H31NO7. The second kappa shape index (κ2) is 10.4. The first-order valence-electron chi connectivity index (χ1n) is 11.8. The zero-order valence-corrected chi connectivity index (χ0v) is 20.5. The summed E-state index contributed by atoms with van der Waals surface area (Å²) in [6.45, 7) is 5.05. The van der Waals surface area contributed by atoms with Crippen molar-refractivity contribution in [1.29, 1.82) is 0 Å². The standard InChI is InChI=1S/C27H31NO7/c1-5-34-21-10-7-17(15-22(21)33-4)24-23(26(30)27(31)28(24)11-6-12-32-3)25(29)18-8-9-20-19(14-18)13-16(2)35-20/h7-10,14-16,24,29H,5-6,11-13H2,1-4H3. The van der Waals surface area contributed by atoms with Gasteiger partial charge < -0.3 is 29.0 Å². The molecule has 2 unspecified atom stereocenters. The second-order valence-electron chi connectivity index (χ2n) is 8.64. The summed E-state index contributed by atoms with van der Waals surface area (Å²) < 4.78 is 22.0. The average Bonchev–Trinajstić information content (AvgIpc) is 3.35. The normalized spacial score (nSPS) is 20.6. The zero-order chi connectivity index (χ0) is 25.1. The lowest BCUT2D eigenvalue weighted by Crippen LogP contribution is -2.31. The molecule has 0 aromatic heterocycles. The summed E-state index contributed by atoms with van der Waals surface area (Å²) in [5.41, 5.74) is 2.11. The van der Waals surface area contributed by atoms with Crippen molar-refractivity contribution in [3.8, 4) is 17.2 Å². The Morgan fingerprint density at radius 1 is 1.14 bits per heavy atom. The highest BCUT2D eigenvalue weighted by molar-refractivity contribution is 6.46. The highest BCUT2D eigenvalue weighted by atomic mass is 16.5. The van der Waals surface area contributed by atoms with E-state index in [0.717, 1.165) is 11.3 Å². The number of Topliss-reactive ketones (excluding diaryl/α,β-unsaturated/α-hetero) is 1. The van der Waals surface area contributed by atoms with Crippen LogP contribution in [0.4, 0.5) is 0 Å². The van der Waals surface area contributed by atoms with Crippen LogP contribution in [0.5, 0.6) is 17.2 Å². The van der Waals surface area contributed by atoms with E-state index < -0.39 is 17.7 Å². The predicted octanol–water partition coefficient (Wildman–Crippen LogP) is 3.88. The van der Waals surface area contributed by atoms with E-state index in [9.17, 15) is 14.7 Å². The fourth-order valence-electron chi connectivity index (χ4n) is 4.69. The Kier molecular flexibility index (Phi) is 7.31. The maximum Gasteiger partial charge on any atom is 0.295 e. The van der Waals surface area contributed by atoms with E-state index in [0.29, 0.717) is 55.2 Å². The third kappa shape index (κ3) is 4.71. The van der Waals surface area contributed by atoms with E-state index in [4.69, 9.17) is 18.9 Å². The SMILES string of the molecule is CCOc1ccc(C2C(=C(O)c3ccc4c(c3)CC(C)O4)C(=O)C(=O)N2CCCOC)cc1OC. The number of hydrogen-bond donors (Lipinski definition) is 1. The Morgan fingerprint density at radius 2 is 1.94 bits per heavy atom. The molecule has 0 radical (unpaired) electrons. The van der Waals surface area contributed by atoms with Gasteiger partial charge in [-0.15, -0.1) is 0 Å². The van der Waals surface area contributed by atoms with Crippen molar-refractivity contribution in [2.45, 2.75) is 38.8 Å². The number of amides is 1. The number of nitrogens with zero attached hydrogens (tertiary/aromatic N) is 1. The average molecular weight is 482 g/mol. The number of fused-ring (bicyclic) bond motifs is 1. The van der Waals surface area contributed by atoms with Gasteiger partial charge >= 0.3 is 0 Å². The molecule has 4 rings (SSSR count). The summed E-state index contributed by atoms with van der Waals surface area (Å²) >= 11 is 0. The molecule has 1 amide bonds. The Bertz CT molecular complexity index is 1160. The number of aliphatic hydroxyl groups excluding tert-OH is 1. The van der Waals surface area contributed by atoms with Gasteiger partial charge in [0.05, 0.1) is 25.3 Å². The van der Waals surface area contributed by atoms with Crippen LogP contribution in [0.1, 0.15) is 43.0 Å². The van der Waals surface area contributed by atoms with E-state index >= 15 is 0 Å².